The predicted octanol–water partition coefficient (Wildman–Crippen LogP) is 17.4. The van der Waals surface area contributed by atoms with Crippen molar-refractivity contribution in [3.05, 3.63) is 305 Å². The first-order chi connectivity index (χ1) is 35.2. The summed E-state index contributed by atoms with van der Waals surface area (Å²) in [4.78, 5) is 2.34. The van der Waals surface area contributed by atoms with Crippen LogP contribution in [0.2, 0.25) is 0 Å². The van der Waals surface area contributed by atoms with E-state index in [1.54, 1.807) is 0 Å². The van der Waals surface area contributed by atoms with Crippen molar-refractivity contribution in [1.29, 1.82) is 0 Å². The van der Waals surface area contributed by atoms with Gasteiger partial charge in [-0.3, -0.25) is 0 Å². The molecule has 3 aliphatic carbocycles. The summed E-state index contributed by atoms with van der Waals surface area (Å²) in [6, 6.07) is 94.8. The predicted molar refractivity (Wildman–Crippen MR) is 287 cm³/mol. The molecule has 71 heavy (non-hydrogen) atoms. The topological polar surface area (TPSA) is 21.7 Å². The standard InChI is InChI=1S/C68H43NO2/c1-3-18-44(19-4-1)45-20-17-23-49(42-45)69(48-36-34-47(35-37-48)67(46-21-5-2-6-22-46)56-29-12-7-24-51(56)52-25-8-13-30-57(52)67)50-38-40-62-64(43-50)71-66-63(70-62)41-39-61-65(66)55-28-11-16-33-60(55)68(61)58-31-14-9-26-53(58)54-27-10-15-32-59(54)68/h1-43H. The Morgan fingerprint density at radius 2 is 0.732 bits per heavy atom. The van der Waals surface area contributed by atoms with E-state index >= 15 is 0 Å². The highest BCUT2D eigenvalue weighted by atomic mass is 16.6. The van der Waals surface area contributed by atoms with Gasteiger partial charge in [-0.05, 0) is 126 Å². The highest BCUT2D eigenvalue weighted by Gasteiger charge is 2.53. The Morgan fingerprint density at radius 3 is 1.35 bits per heavy atom. The van der Waals surface area contributed by atoms with Gasteiger partial charge in [0.25, 0.3) is 0 Å². The Kier molecular flexibility index (Phi) is 8.49. The van der Waals surface area contributed by atoms with Crippen molar-refractivity contribution >= 4 is 17.1 Å². The van der Waals surface area contributed by atoms with Gasteiger partial charge in [-0.15, -0.1) is 0 Å². The molecule has 0 N–H and O–H groups in total. The lowest BCUT2D eigenvalue weighted by Gasteiger charge is -2.34. The number of nitrogens with zero attached hydrogens (tertiary/aromatic N) is 1. The molecule has 1 heterocycles. The molecule has 1 spiro atoms. The zero-order chi connectivity index (χ0) is 46.7. The molecule has 4 aliphatic rings. The maximum atomic E-state index is 7.28. The lowest BCUT2D eigenvalue weighted by molar-refractivity contribution is 0.360. The Bertz CT molecular complexity index is 3860. The van der Waals surface area contributed by atoms with E-state index in [9.17, 15) is 0 Å². The zero-order valence-electron chi connectivity index (χ0n) is 38.6. The average molecular weight is 906 g/mol. The summed E-state index contributed by atoms with van der Waals surface area (Å²) >= 11 is 0. The van der Waals surface area contributed by atoms with E-state index in [1.807, 2.05) is 0 Å². The summed E-state index contributed by atoms with van der Waals surface area (Å²) in [6.07, 6.45) is 0. The minimum atomic E-state index is -0.504. The molecule has 0 atom stereocenters. The summed E-state index contributed by atoms with van der Waals surface area (Å²) in [7, 11) is 0. The van der Waals surface area contributed by atoms with E-state index in [2.05, 4.69) is 266 Å². The van der Waals surface area contributed by atoms with Gasteiger partial charge < -0.3 is 14.4 Å². The largest absolute Gasteiger partial charge is 0.449 e. The first-order valence-electron chi connectivity index (χ1n) is 24.5. The molecule has 15 rings (SSSR count). The van der Waals surface area contributed by atoms with Crippen LogP contribution in [-0.2, 0) is 10.8 Å². The molecule has 0 fully saturated rings. The number of anilines is 3. The number of hydrogen-bond acceptors (Lipinski definition) is 3. The van der Waals surface area contributed by atoms with Crippen LogP contribution in [-0.4, -0.2) is 0 Å². The molecule has 0 saturated carbocycles. The van der Waals surface area contributed by atoms with Gasteiger partial charge in [0, 0.05) is 23.0 Å². The molecular weight excluding hydrogens is 863 g/mol. The van der Waals surface area contributed by atoms with E-state index < -0.39 is 10.8 Å². The van der Waals surface area contributed by atoms with E-state index in [0.29, 0.717) is 17.2 Å². The van der Waals surface area contributed by atoms with Crippen LogP contribution in [0.4, 0.5) is 17.1 Å². The fraction of sp³-hybridized carbons (Fsp3) is 0.0294. The number of ether oxygens (including phenoxy) is 2. The molecule has 0 aromatic heterocycles. The summed E-state index contributed by atoms with van der Waals surface area (Å²) in [5.74, 6) is 2.79. The summed E-state index contributed by atoms with van der Waals surface area (Å²) in [5.41, 5.74) is 21.7. The summed E-state index contributed by atoms with van der Waals surface area (Å²) in [5, 5.41) is 0. The van der Waals surface area contributed by atoms with Crippen molar-refractivity contribution < 1.29 is 9.47 Å². The van der Waals surface area contributed by atoms with Crippen LogP contribution in [0.3, 0.4) is 0 Å². The third-order valence-corrected chi connectivity index (χ3v) is 15.6. The highest BCUT2D eigenvalue weighted by Crippen LogP contribution is 2.66. The molecule has 0 saturated heterocycles. The Morgan fingerprint density at radius 1 is 0.268 bits per heavy atom. The van der Waals surface area contributed by atoms with Gasteiger partial charge in [-0.2, -0.15) is 0 Å². The van der Waals surface area contributed by atoms with Gasteiger partial charge in [0.2, 0.25) is 0 Å². The van der Waals surface area contributed by atoms with Gasteiger partial charge in [0.1, 0.15) is 0 Å². The second kappa shape index (κ2) is 15.2. The lowest BCUT2D eigenvalue weighted by atomic mass is 9.68. The molecule has 11 aromatic rings. The number of benzene rings is 11. The van der Waals surface area contributed by atoms with E-state index in [1.165, 1.54) is 66.8 Å². The Balaban J connectivity index is 0.888. The molecule has 3 nitrogen and oxygen atoms in total. The molecule has 1 aliphatic heterocycles. The van der Waals surface area contributed by atoms with Gasteiger partial charge >= 0.3 is 0 Å². The lowest BCUT2D eigenvalue weighted by Crippen LogP contribution is -2.28. The second-order valence-electron chi connectivity index (χ2n) is 19.0. The van der Waals surface area contributed by atoms with Crippen LogP contribution < -0.4 is 14.4 Å². The minimum Gasteiger partial charge on any atom is -0.449 e. The van der Waals surface area contributed by atoms with Crippen molar-refractivity contribution in [3.63, 3.8) is 0 Å². The second-order valence-corrected chi connectivity index (χ2v) is 19.0. The molecule has 0 unspecified atom stereocenters. The van der Waals surface area contributed by atoms with Crippen molar-refractivity contribution in [1.82, 2.24) is 0 Å². The summed E-state index contributed by atoms with van der Waals surface area (Å²) < 4.78 is 14.1. The minimum absolute atomic E-state index is 0.492. The smallest absolute Gasteiger partial charge is 0.178 e. The van der Waals surface area contributed by atoms with Crippen LogP contribution in [0.5, 0.6) is 23.0 Å². The first kappa shape index (κ1) is 39.8. The SMILES string of the molecule is c1ccc(-c2cccc(N(c3ccc(C4(c5ccccc5)c5ccccc5-c5ccccc54)cc3)c3ccc4c(c3)Oc3c(ccc5c3-c3ccccc3C53c5ccccc5-c5ccccc53)O4)c2)cc1. The Hall–Kier alpha value is -9.18. The number of fused-ring (bicyclic) bond motifs is 16. The van der Waals surface area contributed by atoms with Crippen LogP contribution in [0, 0.1) is 0 Å². The zero-order valence-corrected chi connectivity index (χ0v) is 38.6. The van der Waals surface area contributed by atoms with Crippen LogP contribution in [0.25, 0.3) is 44.5 Å². The fourth-order valence-corrected chi connectivity index (χ4v) is 12.8. The van der Waals surface area contributed by atoms with Crippen LogP contribution in [0.15, 0.2) is 261 Å². The van der Waals surface area contributed by atoms with E-state index in [0.717, 1.165) is 45.1 Å². The molecule has 332 valence electrons. The third-order valence-electron chi connectivity index (χ3n) is 15.6. The third kappa shape index (κ3) is 5.49. The van der Waals surface area contributed by atoms with Gasteiger partial charge in [0.15, 0.2) is 23.0 Å². The van der Waals surface area contributed by atoms with Crippen molar-refractivity contribution in [3.8, 4) is 67.5 Å². The quantitative estimate of drug-likeness (QED) is 0.166. The average Bonchev–Trinajstić information content (AvgIpc) is 4.05. The van der Waals surface area contributed by atoms with Crippen molar-refractivity contribution in [2.45, 2.75) is 10.8 Å². The molecule has 0 bridgehead atoms. The van der Waals surface area contributed by atoms with E-state index in [4.69, 9.17) is 9.47 Å². The number of rotatable bonds is 6. The van der Waals surface area contributed by atoms with Crippen molar-refractivity contribution in [2.75, 3.05) is 4.90 Å². The maximum absolute atomic E-state index is 7.28. The molecular formula is C68H43NO2. The van der Waals surface area contributed by atoms with Crippen LogP contribution in [0.1, 0.15) is 44.5 Å². The fourth-order valence-electron chi connectivity index (χ4n) is 12.8. The van der Waals surface area contributed by atoms with Gasteiger partial charge in [0.05, 0.1) is 16.5 Å². The summed E-state index contributed by atoms with van der Waals surface area (Å²) in [6.45, 7) is 0. The monoisotopic (exact) mass is 905 g/mol. The van der Waals surface area contributed by atoms with Gasteiger partial charge in [-0.25, -0.2) is 0 Å². The van der Waals surface area contributed by atoms with Gasteiger partial charge in [-0.1, -0.05) is 212 Å². The molecule has 11 aromatic carbocycles. The van der Waals surface area contributed by atoms with Crippen LogP contribution >= 0.6 is 0 Å². The molecule has 0 amide bonds. The number of hydrogen-bond donors (Lipinski definition) is 0. The molecule has 3 heteroatoms. The highest BCUT2D eigenvalue weighted by molar-refractivity contribution is 5.98. The first-order valence-corrected chi connectivity index (χ1v) is 24.5. The van der Waals surface area contributed by atoms with Crippen molar-refractivity contribution in [2.24, 2.45) is 0 Å². The normalized spacial score (nSPS) is 14.1. The molecule has 0 radical (unpaired) electrons. The maximum Gasteiger partial charge on any atom is 0.178 e. The van der Waals surface area contributed by atoms with E-state index in [-0.39, 0.29) is 0 Å². The Labute approximate surface area is 413 Å².